The number of methoxy groups -OCH3 is 2. The molecule has 0 aromatic heterocycles. The van der Waals surface area contributed by atoms with E-state index in [0.29, 0.717) is 41.7 Å². The van der Waals surface area contributed by atoms with Crippen LogP contribution in [0.2, 0.25) is 0 Å². The number of rotatable bonds is 9. The summed E-state index contributed by atoms with van der Waals surface area (Å²) in [5.41, 5.74) is 3.07. The lowest BCUT2D eigenvalue weighted by Crippen LogP contribution is -2.32. The highest BCUT2D eigenvalue weighted by Crippen LogP contribution is 2.37. The number of fused-ring (bicyclic) bond motifs is 1. The fraction of sp³-hybridized carbons (Fsp3) is 0.259. The lowest BCUT2D eigenvalue weighted by Gasteiger charge is -2.28. The van der Waals surface area contributed by atoms with E-state index in [1.54, 1.807) is 43.4 Å². The first kappa shape index (κ1) is 23.2. The van der Waals surface area contributed by atoms with Gasteiger partial charge in [-0.3, -0.25) is 9.59 Å². The highest BCUT2D eigenvalue weighted by Gasteiger charge is 2.34. The summed E-state index contributed by atoms with van der Waals surface area (Å²) >= 11 is 0. The summed E-state index contributed by atoms with van der Waals surface area (Å²) in [5, 5.41) is 2.92. The molecule has 7 heteroatoms. The van der Waals surface area contributed by atoms with Gasteiger partial charge in [0.25, 0.3) is 5.91 Å². The number of hydrogen-bond acceptors (Lipinski definition) is 5. The molecule has 34 heavy (non-hydrogen) atoms. The third-order valence-corrected chi connectivity index (χ3v) is 5.85. The first-order valence-electron chi connectivity index (χ1n) is 11.2. The number of carbonyl (C=O) groups is 2. The van der Waals surface area contributed by atoms with Gasteiger partial charge in [0, 0.05) is 17.8 Å². The van der Waals surface area contributed by atoms with Crippen LogP contribution >= 0.6 is 0 Å². The number of amides is 2. The molecule has 0 bridgehead atoms. The largest absolute Gasteiger partial charge is 0.497 e. The molecule has 1 atom stereocenters. The predicted octanol–water partition coefficient (Wildman–Crippen LogP) is 4.83. The number of ether oxygens (including phenoxy) is 3. The summed E-state index contributed by atoms with van der Waals surface area (Å²) in [5.74, 6) is 1.59. The topological polar surface area (TPSA) is 77.1 Å². The molecule has 1 aliphatic rings. The van der Waals surface area contributed by atoms with Crippen LogP contribution in [0.3, 0.4) is 0 Å². The molecule has 3 aromatic rings. The average molecular weight is 461 g/mol. The van der Waals surface area contributed by atoms with E-state index < -0.39 is 6.04 Å². The summed E-state index contributed by atoms with van der Waals surface area (Å²) in [6.07, 6.45) is 0.0862. The van der Waals surface area contributed by atoms with Gasteiger partial charge in [0.05, 0.1) is 33.3 Å². The molecule has 0 fully saturated rings. The van der Waals surface area contributed by atoms with Crippen molar-refractivity contribution in [3.63, 3.8) is 0 Å². The van der Waals surface area contributed by atoms with Crippen molar-refractivity contribution >= 4 is 17.5 Å². The maximum Gasteiger partial charge on any atom is 0.255 e. The van der Waals surface area contributed by atoms with Gasteiger partial charge in [0.2, 0.25) is 5.91 Å². The fourth-order valence-corrected chi connectivity index (χ4v) is 4.16. The summed E-state index contributed by atoms with van der Waals surface area (Å²) < 4.78 is 16.3. The molecule has 176 valence electrons. The van der Waals surface area contributed by atoms with E-state index >= 15 is 0 Å². The lowest BCUT2D eigenvalue weighted by molar-refractivity contribution is -0.117. The molecule has 1 N–H and O–H groups in total. The summed E-state index contributed by atoms with van der Waals surface area (Å²) in [6.45, 7) is 2.84. The minimum absolute atomic E-state index is 0.0862. The summed E-state index contributed by atoms with van der Waals surface area (Å²) in [6, 6.07) is 19.7. The number of anilines is 1. The maximum atomic E-state index is 13.3. The van der Waals surface area contributed by atoms with E-state index in [0.717, 1.165) is 11.1 Å². The van der Waals surface area contributed by atoms with Crippen LogP contribution in [-0.2, 0) is 11.3 Å². The standard InChI is InChI=1S/C27H28N2O5/c1-4-34-24-14-9-18(15-25(24)33-3)23(29-17-19-7-5-6-8-22(19)27(29)31)16-26(30)28-20-10-12-21(32-2)13-11-20/h5-15,23H,4,16-17H2,1-3H3,(H,28,30)/t23-/m0/s1. The molecular formula is C27H28N2O5. The number of nitrogens with one attached hydrogen (secondary N) is 1. The number of carbonyl (C=O) groups excluding carboxylic acids is 2. The zero-order valence-electron chi connectivity index (χ0n) is 19.5. The fourth-order valence-electron chi connectivity index (χ4n) is 4.16. The lowest BCUT2D eigenvalue weighted by atomic mass is 10.0. The smallest absolute Gasteiger partial charge is 0.255 e. The van der Waals surface area contributed by atoms with Gasteiger partial charge in [-0.1, -0.05) is 24.3 Å². The Morgan fingerprint density at radius 3 is 2.44 bits per heavy atom. The van der Waals surface area contributed by atoms with Crippen molar-refractivity contribution < 1.29 is 23.8 Å². The van der Waals surface area contributed by atoms with Crippen molar-refractivity contribution in [2.45, 2.75) is 25.9 Å². The molecular weight excluding hydrogens is 432 g/mol. The van der Waals surface area contributed by atoms with Crippen LogP contribution in [0.15, 0.2) is 66.7 Å². The van der Waals surface area contributed by atoms with Crippen LogP contribution in [0.1, 0.15) is 40.9 Å². The van der Waals surface area contributed by atoms with Gasteiger partial charge in [-0.2, -0.15) is 0 Å². The monoisotopic (exact) mass is 460 g/mol. The first-order valence-corrected chi connectivity index (χ1v) is 11.2. The van der Waals surface area contributed by atoms with E-state index in [9.17, 15) is 9.59 Å². The Kier molecular flexibility index (Phi) is 7.01. The van der Waals surface area contributed by atoms with Gasteiger partial charge in [-0.25, -0.2) is 0 Å². The van der Waals surface area contributed by atoms with Crippen molar-refractivity contribution in [1.29, 1.82) is 0 Å². The van der Waals surface area contributed by atoms with Crippen LogP contribution in [0.5, 0.6) is 17.2 Å². The zero-order valence-corrected chi connectivity index (χ0v) is 19.5. The molecule has 4 rings (SSSR count). The normalized spacial score (nSPS) is 13.3. The Morgan fingerprint density at radius 1 is 1.00 bits per heavy atom. The van der Waals surface area contributed by atoms with Crippen molar-refractivity contribution in [3.8, 4) is 17.2 Å². The van der Waals surface area contributed by atoms with E-state index in [1.807, 2.05) is 49.4 Å². The molecule has 1 heterocycles. The van der Waals surface area contributed by atoms with Gasteiger partial charge in [-0.05, 0) is 60.5 Å². The SMILES string of the molecule is CCOc1ccc([C@H](CC(=O)Nc2ccc(OC)cc2)N2Cc3ccccc3C2=O)cc1OC. The minimum atomic E-state index is -0.484. The molecule has 2 amide bonds. The second kappa shape index (κ2) is 10.3. The van der Waals surface area contributed by atoms with Gasteiger partial charge in [0.1, 0.15) is 5.75 Å². The van der Waals surface area contributed by atoms with Crippen LogP contribution in [0, 0.1) is 0 Å². The summed E-state index contributed by atoms with van der Waals surface area (Å²) in [4.78, 5) is 28.1. The Labute approximate surface area is 199 Å². The second-order valence-corrected chi connectivity index (χ2v) is 7.93. The molecule has 0 saturated heterocycles. The maximum absolute atomic E-state index is 13.3. The molecule has 3 aromatic carbocycles. The third kappa shape index (κ3) is 4.83. The Bertz CT molecular complexity index is 1180. The molecule has 0 aliphatic carbocycles. The predicted molar refractivity (Wildman–Crippen MR) is 129 cm³/mol. The second-order valence-electron chi connectivity index (χ2n) is 7.93. The average Bonchev–Trinajstić information content (AvgIpc) is 3.20. The number of hydrogen-bond donors (Lipinski definition) is 1. The Balaban J connectivity index is 1.63. The third-order valence-electron chi connectivity index (χ3n) is 5.85. The van der Waals surface area contributed by atoms with Crippen LogP contribution in [0.25, 0.3) is 0 Å². The van der Waals surface area contributed by atoms with Crippen molar-refractivity contribution in [2.24, 2.45) is 0 Å². The van der Waals surface area contributed by atoms with E-state index in [4.69, 9.17) is 14.2 Å². The number of nitrogens with zero attached hydrogens (tertiary/aromatic N) is 1. The van der Waals surface area contributed by atoms with Gasteiger partial charge in [-0.15, -0.1) is 0 Å². The molecule has 0 unspecified atom stereocenters. The van der Waals surface area contributed by atoms with E-state index in [-0.39, 0.29) is 18.2 Å². The van der Waals surface area contributed by atoms with E-state index in [1.165, 1.54) is 0 Å². The van der Waals surface area contributed by atoms with Crippen LogP contribution < -0.4 is 19.5 Å². The number of benzene rings is 3. The van der Waals surface area contributed by atoms with E-state index in [2.05, 4.69) is 5.32 Å². The Morgan fingerprint density at radius 2 is 1.76 bits per heavy atom. The van der Waals surface area contributed by atoms with Crippen molar-refractivity contribution in [1.82, 2.24) is 4.90 Å². The zero-order chi connectivity index (χ0) is 24.1. The summed E-state index contributed by atoms with van der Waals surface area (Å²) in [7, 11) is 3.16. The highest BCUT2D eigenvalue weighted by molar-refractivity contribution is 5.99. The van der Waals surface area contributed by atoms with Crippen molar-refractivity contribution in [2.75, 3.05) is 26.1 Å². The molecule has 0 spiro atoms. The van der Waals surface area contributed by atoms with Crippen molar-refractivity contribution in [3.05, 3.63) is 83.4 Å². The quantitative estimate of drug-likeness (QED) is 0.495. The molecule has 0 saturated carbocycles. The first-order chi connectivity index (χ1) is 16.5. The highest BCUT2D eigenvalue weighted by atomic mass is 16.5. The van der Waals surface area contributed by atoms with Gasteiger partial charge in [0.15, 0.2) is 11.5 Å². The molecule has 0 radical (unpaired) electrons. The minimum Gasteiger partial charge on any atom is -0.497 e. The molecule has 7 nitrogen and oxygen atoms in total. The van der Waals surface area contributed by atoms with Gasteiger partial charge < -0.3 is 24.4 Å². The Hall–Kier alpha value is -4.00. The molecule has 1 aliphatic heterocycles. The van der Waals surface area contributed by atoms with Crippen LogP contribution in [-0.4, -0.2) is 37.5 Å². The van der Waals surface area contributed by atoms with Gasteiger partial charge >= 0.3 is 0 Å². The van der Waals surface area contributed by atoms with Crippen LogP contribution in [0.4, 0.5) is 5.69 Å².